The largest absolute Gasteiger partial charge is 0.326 e. The van der Waals surface area contributed by atoms with Crippen molar-refractivity contribution in [3.8, 4) is 12.3 Å². The predicted octanol–water partition coefficient (Wildman–Crippen LogP) is 2.24. The van der Waals surface area contributed by atoms with E-state index in [-0.39, 0.29) is 11.6 Å². The standard InChI is InChI=1S/C14H26N2/c1-5-6-7-13(15)14(16(3)4)10-8-12(2)9-11-14/h1,12-13H,6-11,15H2,2-4H3. The highest BCUT2D eigenvalue weighted by molar-refractivity contribution is 5.01. The summed E-state index contributed by atoms with van der Waals surface area (Å²) in [6.07, 6.45) is 12.1. The van der Waals surface area contributed by atoms with Crippen LogP contribution in [0.25, 0.3) is 0 Å². The molecule has 2 N–H and O–H groups in total. The summed E-state index contributed by atoms with van der Waals surface area (Å²) in [7, 11) is 4.32. The molecule has 0 heterocycles. The lowest BCUT2D eigenvalue weighted by Gasteiger charge is -2.48. The second kappa shape index (κ2) is 5.70. The lowest BCUT2D eigenvalue weighted by Crippen LogP contribution is -2.58. The first-order valence-electron chi connectivity index (χ1n) is 6.39. The summed E-state index contributed by atoms with van der Waals surface area (Å²) in [5, 5.41) is 0. The molecule has 0 aromatic heterocycles. The van der Waals surface area contributed by atoms with Gasteiger partial charge in [-0.2, -0.15) is 0 Å². The maximum atomic E-state index is 6.38. The summed E-state index contributed by atoms with van der Waals surface area (Å²) in [6, 6.07) is 0.214. The van der Waals surface area contributed by atoms with Crippen LogP contribution in [0.1, 0.15) is 45.4 Å². The van der Waals surface area contributed by atoms with E-state index in [1.54, 1.807) is 0 Å². The highest BCUT2D eigenvalue weighted by Gasteiger charge is 2.40. The molecule has 0 aromatic rings. The molecule has 2 heteroatoms. The Morgan fingerprint density at radius 3 is 2.44 bits per heavy atom. The van der Waals surface area contributed by atoms with Crippen molar-refractivity contribution in [1.29, 1.82) is 0 Å². The van der Waals surface area contributed by atoms with Gasteiger partial charge in [0.25, 0.3) is 0 Å². The summed E-state index contributed by atoms with van der Waals surface area (Å²) < 4.78 is 0. The number of nitrogens with two attached hydrogens (primary N) is 1. The Bertz CT molecular complexity index is 244. The third-order valence-corrected chi connectivity index (χ3v) is 4.32. The monoisotopic (exact) mass is 222 g/mol. The molecule has 0 spiro atoms. The Hall–Kier alpha value is -0.520. The highest BCUT2D eigenvalue weighted by Crippen LogP contribution is 2.38. The third-order valence-electron chi connectivity index (χ3n) is 4.32. The molecule has 92 valence electrons. The van der Waals surface area contributed by atoms with E-state index < -0.39 is 0 Å². The lowest BCUT2D eigenvalue weighted by atomic mass is 9.71. The van der Waals surface area contributed by atoms with Crippen LogP contribution in [0.3, 0.4) is 0 Å². The van der Waals surface area contributed by atoms with Crippen LogP contribution < -0.4 is 5.73 Å². The Kier molecular flexibility index (Phi) is 4.83. The second-order valence-corrected chi connectivity index (χ2v) is 5.53. The van der Waals surface area contributed by atoms with E-state index in [4.69, 9.17) is 12.2 Å². The van der Waals surface area contributed by atoms with E-state index in [2.05, 4.69) is 31.8 Å². The zero-order valence-electron chi connectivity index (χ0n) is 11.0. The van der Waals surface area contributed by atoms with Gasteiger partial charge in [-0.15, -0.1) is 12.3 Å². The van der Waals surface area contributed by atoms with Crippen LogP contribution in [0.4, 0.5) is 0 Å². The van der Waals surface area contributed by atoms with Gasteiger partial charge in [-0.25, -0.2) is 0 Å². The molecule has 0 aromatic carbocycles. The van der Waals surface area contributed by atoms with Crippen molar-refractivity contribution in [1.82, 2.24) is 4.90 Å². The zero-order valence-corrected chi connectivity index (χ0v) is 11.0. The molecule has 1 aliphatic carbocycles. The average molecular weight is 222 g/mol. The van der Waals surface area contributed by atoms with E-state index >= 15 is 0 Å². The summed E-state index contributed by atoms with van der Waals surface area (Å²) >= 11 is 0. The molecule has 1 saturated carbocycles. The summed E-state index contributed by atoms with van der Waals surface area (Å²) in [4.78, 5) is 2.33. The molecule has 0 bridgehead atoms. The number of likely N-dealkylation sites (N-methyl/N-ethyl adjacent to an activating group) is 1. The number of terminal acetylenes is 1. The van der Waals surface area contributed by atoms with Gasteiger partial charge in [-0.05, 0) is 52.1 Å². The Balaban J connectivity index is 2.69. The molecule has 16 heavy (non-hydrogen) atoms. The molecule has 2 nitrogen and oxygen atoms in total. The van der Waals surface area contributed by atoms with Crippen LogP contribution in [-0.2, 0) is 0 Å². The van der Waals surface area contributed by atoms with Crippen LogP contribution in [0.5, 0.6) is 0 Å². The van der Waals surface area contributed by atoms with Crippen LogP contribution in [0.15, 0.2) is 0 Å². The maximum Gasteiger partial charge on any atom is 0.0354 e. The fourth-order valence-corrected chi connectivity index (χ4v) is 2.92. The minimum atomic E-state index is 0.184. The zero-order chi connectivity index (χ0) is 12.2. The minimum absolute atomic E-state index is 0.184. The van der Waals surface area contributed by atoms with Crippen LogP contribution in [0.2, 0.25) is 0 Å². The Labute approximate surface area is 101 Å². The summed E-state index contributed by atoms with van der Waals surface area (Å²) in [6.45, 7) is 2.34. The Morgan fingerprint density at radius 1 is 1.44 bits per heavy atom. The topological polar surface area (TPSA) is 29.3 Å². The maximum absolute atomic E-state index is 6.38. The van der Waals surface area contributed by atoms with E-state index in [1.807, 2.05) is 0 Å². The lowest BCUT2D eigenvalue weighted by molar-refractivity contribution is 0.0545. The van der Waals surface area contributed by atoms with Crippen molar-refractivity contribution in [2.45, 2.75) is 57.0 Å². The molecular formula is C14H26N2. The smallest absolute Gasteiger partial charge is 0.0354 e. The molecule has 1 aliphatic rings. The molecule has 1 unspecified atom stereocenters. The van der Waals surface area contributed by atoms with Crippen molar-refractivity contribution in [2.24, 2.45) is 11.7 Å². The van der Waals surface area contributed by atoms with Crippen LogP contribution >= 0.6 is 0 Å². The van der Waals surface area contributed by atoms with Gasteiger partial charge in [-0.3, -0.25) is 0 Å². The minimum Gasteiger partial charge on any atom is -0.326 e. The van der Waals surface area contributed by atoms with E-state index in [9.17, 15) is 0 Å². The van der Waals surface area contributed by atoms with Gasteiger partial charge in [0.15, 0.2) is 0 Å². The van der Waals surface area contributed by atoms with Crippen molar-refractivity contribution in [2.75, 3.05) is 14.1 Å². The van der Waals surface area contributed by atoms with Crippen LogP contribution in [0, 0.1) is 18.3 Å². The van der Waals surface area contributed by atoms with Gasteiger partial charge in [0.1, 0.15) is 0 Å². The molecule has 1 rings (SSSR count). The fraction of sp³-hybridized carbons (Fsp3) is 0.857. The van der Waals surface area contributed by atoms with Gasteiger partial charge < -0.3 is 10.6 Å². The van der Waals surface area contributed by atoms with E-state index in [1.165, 1.54) is 25.7 Å². The van der Waals surface area contributed by atoms with E-state index in [0.717, 1.165) is 18.8 Å². The molecule has 0 amide bonds. The van der Waals surface area contributed by atoms with E-state index in [0.29, 0.717) is 0 Å². The van der Waals surface area contributed by atoms with Crippen molar-refractivity contribution in [3.63, 3.8) is 0 Å². The number of hydrogen-bond donors (Lipinski definition) is 1. The number of rotatable bonds is 4. The van der Waals surface area contributed by atoms with Crippen molar-refractivity contribution < 1.29 is 0 Å². The quantitative estimate of drug-likeness (QED) is 0.739. The molecule has 0 aliphatic heterocycles. The first-order valence-corrected chi connectivity index (χ1v) is 6.39. The highest BCUT2D eigenvalue weighted by atomic mass is 15.2. The first-order chi connectivity index (χ1) is 7.53. The SMILES string of the molecule is C#CCCC(N)C1(N(C)C)CCC(C)CC1. The second-order valence-electron chi connectivity index (χ2n) is 5.53. The summed E-state index contributed by atoms with van der Waals surface area (Å²) in [5.41, 5.74) is 6.56. The molecule has 1 atom stereocenters. The van der Waals surface area contributed by atoms with Crippen molar-refractivity contribution in [3.05, 3.63) is 0 Å². The van der Waals surface area contributed by atoms with Crippen molar-refractivity contribution >= 4 is 0 Å². The molecule has 0 saturated heterocycles. The van der Waals surface area contributed by atoms with Crippen LogP contribution in [-0.4, -0.2) is 30.6 Å². The average Bonchev–Trinajstić information content (AvgIpc) is 2.26. The molecule has 0 radical (unpaired) electrons. The van der Waals surface area contributed by atoms with Gasteiger partial charge in [-0.1, -0.05) is 6.92 Å². The number of hydrogen-bond acceptors (Lipinski definition) is 2. The van der Waals surface area contributed by atoms with Gasteiger partial charge >= 0.3 is 0 Å². The third kappa shape index (κ3) is 2.78. The summed E-state index contributed by atoms with van der Waals surface area (Å²) in [5.74, 6) is 3.56. The fourth-order valence-electron chi connectivity index (χ4n) is 2.92. The molecule has 1 fully saturated rings. The molecular weight excluding hydrogens is 196 g/mol. The van der Waals surface area contributed by atoms with Gasteiger partial charge in [0.05, 0.1) is 0 Å². The Morgan fingerprint density at radius 2 is 2.00 bits per heavy atom. The normalized spacial score (nSPS) is 32.4. The van der Waals surface area contributed by atoms with Gasteiger partial charge in [0.2, 0.25) is 0 Å². The predicted molar refractivity (Wildman–Crippen MR) is 70.1 cm³/mol. The van der Waals surface area contributed by atoms with Gasteiger partial charge in [0, 0.05) is 18.0 Å². The number of nitrogens with zero attached hydrogens (tertiary/aromatic N) is 1. The first kappa shape index (κ1) is 13.5.